The third-order valence-corrected chi connectivity index (χ3v) is 3.83. The SMILES string of the molecule is O=[N+]([O-])c1ccc(Cl)c(-c2ccc(/C=N/Nc3cccc(Cl)c3)o2)c1. The Morgan fingerprint density at radius 3 is 2.72 bits per heavy atom. The lowest BCUT2D eigenvalue weighted by Gasteiger charge is -2.01. The van der Waals surface area contributed by atoms with E-state index in [9.17, 15) is 10.1 Å². The highest BCUT2D eigenvalue weighted by molar-refractivity contribution is 6.33. The van der Waals surface area contributed by atoms with E-state index in [1.165, 1.54) is 24.4 Å². The van der Waals surface area contributed by atoms with Crippen LogP contribution in [0.25, 0.3) is 11.3 Å². The number of hydrazone groups is 1. The van der Waals surface area contributed by atoms with Crippen LogP contribution in [0.1, 0.15) is 5.76 Å². The monoisotopic (exact) mass is 375 g/mol. The highest BCUT2D eigenvalue weighted by Crippen LogP contribution is 2.32. The predicted molar refractivity (Wildman–Crippen MR) is 98.5 cm³/mol. The van der Waals surface area contributed by atoms with Crippen LogP contribution in [-0.2, 0) is 0 Å². The van der Waals surface area contributed by atoms with Gasteiger partial charge in [0, 0.05) is 22.7 Å². The molecule has 0 atom stereocenters. The lowest BCUT2D eigenvalue weighted by atomic mass is 10.1. The molecular formula is C17H11Cl2N3O3. The number of non-ortho nitro benzene ring substituents is 1. The van der Waals surface area contributed by atoms with Gasteiger partial charge in [0.25, 0.3) is 5.69 Å². The molecule has 3 aromatic rings. The van der Waals surface area contributed by atoms with E-state index in [1.54, 1.807) is 30.3 Å². The maximum atomic E-state index is 10.9. The lowest BCUT2D eigenvalue weighted by molar-refractivity contribution is -0.384. The fraction of sp³-hybridized carbons (Fsp3) is 0. The summed E-state index contributed by atoms with van der Waals surface area (Å²) in [6.45, 7) is 0. The number of hydrogen-bond donors (Lipinski definition) is 1. The predicted octanol–water partition coefficient (Wildman–Crippen LogP) is 5.61. The van der Waals surface area contributed by atoms with Crippen LogP contribution in [0.4, 0.5) is 11.4 Å². The van der Waals surface area contributed by atoms with Crippen LogP contribution in [0, 0.1) is 10.1 Å². The van der Waals surface area contributed by atoms with Crippen molar-refractivity contribution in [3.05, 3.63) is 80.5 Å². The van der Waals surface area contributed by atoms with E-state index < -0.39 is 4.92 Å². The van der Waals surface area contributed by atoms with Crippen molar-refractivity contribution in [1.82, 2.24) is 0 Å². The Morgan fingerprint density at radius 1 is 1.12 bits per heavy atom. The van der Waals surface area contributed by atoms with Crippen molar-refractivity contribution >= 4 is 40.8 Å². The molecule has 0 unspecified atom stereocenters. The van der Waals surface area contributed by atoms with Gasteiger partial charge < -0.3 is 4.42 Å². The van der Waals surface area contributed by atoms with Gasteiger partial charge in [-0.2, -0.15) is 5.10 Å². The molecule has 0 saturated carbocycles. The molecule has 0 spiro atoms. The third kappa shape index (κ3) is 4.17. The smallest absolute Gasteiger partial charge is 0.270 e. The normalized spacial score (nSPS) is 11.0. The zero-order valence-corrected chi connectivity index (χ0v) is 14.2. The molecule has 2 aromatic carbocycles. The van der Waals surface area contributed by atoms with Crippen LogP contribution in [0.15, 0.2) is 64.1 Å². The van der Waals surface area contributed by atoms with Gasteiger partial charge in [-0.1, -0.05) is 29.3 Å². The number of benzene rings is 2. The van der Waals surface area contributed by atoms with E-state index >= 15 is 0 Å². The Balaban J connectivity index is 1.77. The second kappa shape index (κ2) is 7.38. The minimum absolute atomic E-state index is 0.0614. The Labute approximate surface area is 152 Å². The third-order valence-electron chi connectivity index (χ3n) is 3.26. The molecule has 1 N–H and O–H groups in total. The molecule has 0 saturated heterocycles. The van der Waals surface area contributed by atoms with Gasteiger partial charge >= 0.3 is 0 Å². The summed E-state index contributed by atoms with van der Waals surface area (Å²) in [5, 5.41) is 15.9. The number of nitro groups is 1. The number of nitrogens with one attached hydrogen (secondary N) is 1. The Hall–Kier alpha value is -2.83. The number of halogens is 2. The average molecular weight is 376 g/mol. The Kier molecular flexibility index (Phi) is 5.02. The Bertz CT molecular complexity index is 954. The van der Waals surface area contributed by atoms with Crippen LogP contribution in [0.3, 0.4) is 0 Å². The average Bonchev–Trinajstić information content (AvgIpc) is 3.04. The van der Waals surface area contributed by atoms with E-state index in [0.29, 0.717) is 27.1 Å². The van der Waals surface area contributed by atoms with Crippen LogP contribution < -0.4 is 5.43 Å². The largest absolute Gasteiger partial charge is 0.455 e. The number of nitrogens with zero attached hydrogens (tertiary/aromatic N) is 2. The van der Waals surface area contributed by atoms with Gasteiger partial charge in [-0.05, 0) is 36.4 Å². The van der Waals surface area contributed by atoms with Crippen LogP contribution >= 0.6 is 23.2 Å². The number of furan rings is 1. The number of rotatable bonds is 5. The highest BCUT2D eigenvalue weighted by Gasteiger charge is 2.14. The van der Waals surface area contributed by atoms with Gasteiger partial charge in [-0.15, -0.1) is 0 Å². The summed E-state index contributed by atoms with van der Waals surface area (Å²) in [6.07, 6.45) is 1.48. The van der Waals surface area contributed by atoms with Crippen molar-refractivity contribution in [3.63, 3.8) is 0 Å². The van der Waals surface area contributed by atoms with Crippen LogP contribution in [0.5, 0.6) is 0 Å². The molecule has 25 heavy (non-hydrogen) atoms. The molecule has 0 radical (unpaired) electrons. The first-order chi connectivity index (χ1) is 12.0. The molecule has 0 amide bonds. The summed E-state index contributed by atoms with van der Waals surface area (Å²) in [5.74, 6) is 0.880. The van der Waals surface area contributed by atoms with Crippen molar-refractivity contribution in [2.45, 2.75) is 0 Å². The molecule has 1 heterocycles. The van der Waals surface area contributed by atoms with Crippen LogP contribution in [0.2, 0.25) is 10.0 Å². The van der Waals surface area contributed by atoms with E-state index in [0.717, 1.165) is 5.69 Å². The summed E-state index contributed by atoms with van der Waals surface area (Å²) < 4.78 is 5.62. The summed E-state index contributed by atoms with van der Waals surface area (Å²) in [7, 11) is 0. The van der Waals surface area contributed by atoms with Gasteiger partial charge in [0.05, 0.1) is 21.8 Å². The van der Waals surface area contributed by atoms with Gasteiger partial charge in [0.2, 0.25) is 0 Å². The van der Waals surface area contributed by atoms with E-state index in [1.807, 2.05) is 6.07 Å². The minimum atomic E-state index is -0.486. The summed E-state index contributed by atoms with van der Waals surface area (Å²) in [6, 6.07) is 14.6. The first-order valence-corrected chi connectivity index (χ1v) is 7.87. The number of anilines is 1. The topological polar surface area (TPSA) is 80.7 Å². The first-order valence-electron chi connectivity index (χ1n) is 7.12. The maximum absolute atomic E-state index is 10.9. The summed E-state index contributed by atoms with van der Waals surface area (Å²) in [5.41, 5.74) is 3.94. The van der Waals surface area contributed by atoms with Crippen molar-refractivity contribution in [3.8, 4) is 11.3 Å². The molecule has 0 fully saturated rings. The molecule has 3 rings (SSSR count). The fourth-order valence-corrected chi connectivity index (χ4v) is 2.51. The summed E-state index contributed by atoms with van der Waals surface area (Å²) in [4.78, 5) is 10.4. The van der Waals surface area contributed by atoms with Gasteiger partial charge in [-0.3, -0.25) is 15.5 Å². The van der Waals surface area contributed by atoms with Crippen LogP contribution in [-0.4, -0.2) is 11.1 Å². The standard InChI is InChI=1S/C17H11Cl2N3O3/c18-11-2-1-3-12(8-11)21-20-10-14-5-7-17(25-14)15-9-13(22(23)24)4-6-16(15)19/h1-10,21H/b20-10+. The molecule has 6 nitrogen and oxygen atoms in total. The van der Waals surface area contributed by atoms with Crippen molar-refractivity contribution in [2.75, 3.05) is 5.43 Å². The van der Waals surface area contributed by atoms with E-state index in [-0.39, 0.29) is 5.69 Å². The first kappa shape index (κ1) is 17.0. The molecule has 8 heteroatoms. The molecular weight excluding hydrogens is 365 g/mol. The molecule has 0 bridgehead atoms. The molecule has 0 aliphatic heterocycles. The van der Waals surface area contributed by atoms with Gasteiger partial charge in [0.1, 0.15) is 11.5 Å². The zero-order valence-electron chi connectivity index (χ0n) is 12.6. The molecule has 126 valence electrons. The van der Waals surface area contributed by atoms with Crippen molar-refractivity contribution in [1.29, 1.82) is 0 Å². The van der Waals surface area contributed by atoms with E-state index in [2.05, 4.69) is 10.5 Å². The molecule has 1 aromatic heterocycles. The zero-order chi connectivity index (χ0) is 17.8. The summed E-state index contributed by atoms with van der Waals surface area (Å²) >= 11 is 12.0. The molecule has 0 aliphatic rings. The maximum Gasteiger partial charge on any atom is 0.270 e. The second-order valence-electron chi connectivity index (χ2n) is 5.00. The lowest BCUT2D eigenvalue weighted by Crippen LogP contribution is -1.89. The number of hydrogen-bond acceptors (Lipinski definition) is 5. The quantitative estimate of drug-likeness (QED) is 0.357. The van der Waals surface area contributed by atoms with E-state index in [4.69, 9.17) is 27.6 Å². The van der Waals surface area contributed by atoms with Gasteiger partial charge in [-0.25, -0.2) is 0 Å². The second-order valence-corrected chi connectivity index (χ2v) is 5.85. The molecule has 0 aliphatic carbocycles. The van der Waals surface area contributed by atoms with Gasteiger partial charge in [0.15, 0.2) is 0 Å². The minimum Gasteiger partial charge on any atom is -0.455 e. The number of nitro benzene ring substituents is 1. The Morgan fingerprint density at radius 2 is 1.96 bits per heavy atom. The highest BCUT2D eigenvalue weighted by atomic mass is 35.5. The fourth-order valence-electron chi connectivity index (χ4n) is 2.11. The van der Waals surface area contributed by atoms with Crippen molar-refractivity contribution in [2.24, 2.45) is 5.10 Å². The van der Waals surface area contributed by atoms with Crippen molar-refractivity contribution < 1.29 is 9.34 Å².